The number of sulfonamides is 1. The van der Waals surface area contributed by atoms with Gasteiger partial charge in [0.25, 0.3) is 5.91 Å². The molecule has 1 atom stereocenters. The van der Waals surface area contributed by atoms with Crippen molar-refractivity contribution in [1.29, 1.82) is 0 Å². The minimum absolute atomic E-state index is 0.151. The molecule has 1 aromatic carbocycles. The van der Waals surface area contributed by atoms with Gasteiger partial charge < -0.3 is 10.4 Å². The molecule has 1 aromatic rings. The van der Waals surface area contributed by atoms with E-state index in [0.717, 1.165) is 24.3 Å². The summed E-state index contributed by atoms with van der Waals surface area (Å²) in [6, 6.07) is 2.13. The average Bonchev–Trinajstić information content (AvgIpc) is 2.45. The predicted octanol–water partition coefficient (Wildman–Crippen LogP) is 0.730. The molecule has 0 spiro atoms. The predicted molar refractivity (Wildman–Crippen MR) is 72.2 cm³/mol. The van der Waals surface area contributed by atoms with Crippen LogP contribution in [0.1, 0.15) is 16.8 Å². The molecule has 1 unspecified atom stereocenters. The van der Waals surface area contributed by atoms with Crippen LogP contribution in [0.2, 0.25) is 0 Å². The van der Waals surface area contributed by atoms with Gasteiger partial charge in [-0.25, -0.2) is 17.9 Å². The van der Waals surface area contributed by atoms with Crippen molar-refractivity contribution in [2.75, 3.05) is 7.05 Å². The Bertz CT molecular complexity index is 686. The molecule has 1 amide bonds. The fraction of sp³-hybridized carbons (Fsp3) is 0.333. The molecule has 0 fully saturated rings. The summed E-state index contributed by atoms with van der Waals surface area (Å²) in [5.41, 5.74) is -0.173. The lowest BCUT2D eigenvalue weighted by Gasteiger charge is -2.16. The number of carboxylic acids is 1. The molecule has 0 aliphatic rings. The standard InChI is InChI=1S/C12H13F3N2O5S/c1-16-23(21,22)8-4-2-7(3-5-8)10(18)17-9(11(19)20)6-12(13,14)15/h2-5,9,16H,6H2,1H3,(H,17,18)(H,19,20). The zero-order valence-electron chi connectivity index (χ0n) is 11.7. The Labute approximate surface area is 129 Å². The molecule has 128 valence electrons. The van der Waals surface area contributed by atoms with E-state index in [4.69, 9.17) is 5.11 Å². The van der Waals surface area contributed by atoms with E-state index in [1.807, 2.05) is 4.72 Å². The second-order valence-corrected chi connectivity index (χ2v) is 6.30. The van der Waals surface area contributed by atoms with Crippen LogP contribution >= 0.6 is 0 Å². The fourth-order valence-corrected chi connectivity index (χ4v) is 2.31. The van der Waals surface area contributed by atoms with Crippen LogP contribution in [0.15, 0.2) is 29.2 Å². The van der Waals surface area contributed by atoms with E-state index in [-0.39, 0.29) is 10.5 Å². The number of alkyl halides is 3. The number of hydrogen-bond donors (Lipinski definition) is 3. The summed E-state index contributed by atoms with van der Waals surface area (Å²) < 4.78 is 61.8. The van der Waals surface area contributed by atoms with Crippen molar-refractivity contribution < 1.29 is 36.3 Å². The third kappa shape index (κ3) is 5.53. The lowest BCUT2D eigenvalue weighted by Crippen LogP contribution is -2.43. The molecule has 0 saturated heterocycles. The maximum atomic E-state index is 12.3. The van der Waals surface area contributed by atoms with E-state index in [9.17, 15) is 31.2 Å². The molecule has 0 aromatic heterocycles. The van der Waals surface area contributed by atoms with Crippen molar-refractivity contribution >= 4 is 21.9 Å². The third-order valence-corrected chi connectivity index (χ3v) is 4.16. The Morgan fingerprint density at radius 1 is 1.22 bits per heavy atom. The zero-order valence-corrected chi connectivity index (χ0v) is 12.5. The van der Waals surface area contributed by atoms with E-state index in [0.29, 0.717) is 0 Å². The van der Waals surface area contributed by atoms with E-state index in [1.54, 1.807) is 5.32 Å². The van der Waals surface area contributed by atoms with Gasteiger partial charge in [0.1, 0.15) is 6.04 Å². The highest BCUT2D eigenvalue weighted by molar-refractivity contribution is 7.89. The smallest absolute Gasteiger partial charge is 0.391 e. The molecule has 7 nitrogen and oxygen atoms in total. The molecule has 0 saturated carbocycles. The van der Waals surface area contributed by atoms with Gasteiger partial charge in [0.15, 0.2) is 0 Å². The van der Waals surface area contributed by atoms with Gasteiger partial charge in [-0.15, -0.1) is 0 Å². The highest BCUT2D eigenvalue weighted by Gasteiger charge is 2.36. The summed E-state index contributed by atoms with van der Waals surface area (Å²) in [7, 11) is -2.54. The van der Waals surface area contributed by atoms with E-state index >= 15 is 0 Å². The number of carboxylic acid groups (broad SMARTS) is 1. The van der Waals surface area contributed by atoms with Crippen molar-refractivity contribution in [3.05, 3.63) is 29.8 Å². The van der Waals surface area contributed by atoms with Crippen LogP contribution in [-0.2, 0) is 14.8 Å². The summed E-state index contributed by atoms with van der Waals surface area (Å²) in [6.45, 7) is 0. The van der Waals surface area contributed by atoms with Crippen molar-refractivity contribution in [3.63, 3.8) is 0 Å². The molecule has 0 radical (unpaired) electrons. The number of rotatable bonds is 6. The first-order valence-electron chi connectivity index (χ1n) is 6.10. The average molecular weight is 354 g/mol. The quantitative estimate of drug-likeness (QED) is 0.697. The maximum Gasteiger partial charge on any atom is 0.391 e. The fourth-order valence-electron chi connectivity index (χ4n) is 1.58. The SMILES string of the molecule is CNS(=O)(=O)c1ccc(C(=O)NC(CC(F)(F)F)C(=O)O)cc1. The van der Waals surface area contributed by atoms with Gasteiger partial charge in [0.2, 0.25) is 10.0 Å². The highest BCUT2D eigenvalue weighted by Crippen LogP contribution is 2.22. The molecular formula is C12H13F3N2O5S. The Balaban J connectivity index is 2.91. The number of amides is 1. The zero-order chi connectivity index (χ0) is 17.8. The van der Waals surface area contributed by atoms with Gasteiger partial charge >= 0.3 is 12.1 Å². The van der Waals surface area contributed by atoms with Crippen LogP contribution in [0.25, 0.3) is 0 Å². The number of nitrogens with one attached hydrogen (secondary N) is 2. The van der Waals surface area contributed by atoms with E-state index in [1.165, 1.54) is 7.05 Å². The number of carbonyl (C=O) groups excluding carboxylic acids is 1. The molecule has 23 heavy (non-hydrogen) atoms. The number of aliphatic carboxylic acids is 1. The number of hydrogen-bond acceptors (Lipinski definition) is 4. The Morgan fingerprint density at radius 3 is 2.13 bits per heavy atom. The van der Waals surface area contributed by atoms with Crippen LogP contribution in [0, 0.1) is 0 Å². The third-order valence-electron chi connectivity index (χ3n) is 2.73. The first kappa shape index (κ1) is 18.9. The van der Waals surface area contributed by atoms with Crippen LogP contribution in [0.4, 0.5) is 13.2 Å². The Morgan fingerprint density at radius 2 is 1.74 bits per heavy atom. The molecule has 3 N–H and O–H groups in total. The van der Waals surface area contributed by atoms with Crippen LogP contribution < -0.4 is 10.0 Å². The van der Waals surface area contributed by atoms with Gasteiger partial charge in [-0.1, -0.05) is 0 Å². The van der Waals surface area contributed by atoms with Crippen molar-refractivity contribution in [2.45, 2.75) is 23.5 Å². The summed E-state index contributed by atoms with van der Waals surface area (Å²) >= 11 is 0. The molecule has 0 heterocycles. The van der Waals surface area contributed by atoms with Crippen molar-refractivity contribution in [2.24, 2.45) is 0 Å². The number of benzene rings is 1. The summed E-state index contributed by atoms with van der Waals surface area (Å²) in [5.74, 6) is -2.89. The Hall–Kier alpha value is -2.14. The molecule has 0 bridgehead atoms. The minimum Gasteiger partial charge on any atom is -0.480 e. The number of carbonyl (C=O) groups is 2. The van der Waals surface area contributed by atoms with Gasteiger partial charge in [-0.3, -0.25) is 4.79 Å². The van der Waals surface area contributed by atoms with Crippen LogP contribution in [0.3, 0.4) is 0 Å². The van der Waals surface area contributed by atoms with E-state index < -0.39 is 40.5 Å². The van der Waals surface area contributed by atoms with Gasteiger partial charge in [0, 0.05) is 5.56 Å². The monoisotopic (exact) mass is 354 g/mol. The molecule has 0 aliphatic heterocycles. The first-order valence-corrected chi connectivity index (χ1v) is 7.58. The van der Waals surface area contributed by atoms with Crippen molar-refractivity contribution in [1.82, 2.24) is 10.0 Å². The largest absolute Gasteiger partial charge is 0.480 e. The maximum absolute atomic E-state index is 12.3. The van der Waals surface area contributed by atoms with E-state index in [2.05, 4.69) is 0 Å². The van der Waals surface area contributed by atoms with Gasteiger partial charge in [-0.2, -0.15) is 13.2 Å². The lowest BCUT2D eigenvalue weighted by atomic mass is 10.1. The molecule has 0 aliphatic carbocycles. The lowest BCUT2D eigenvalue weighted by molar-refractivity contribution is -0.157. The summed E-state index contributed by atoms with van der Waals surface area (Å²) in [4.78, 5) is 22.4. The van der Waals surface area contributed by atoms with Crippen LogP contribution in [-0.4, -0.2) is 44.7 Å². The van der Waals surface area contributed by atoms with Crippen LogP contribution in [0.5, 0.6) is 0 Å². The molecular weight excluding hydrogens is 341 g/mol. The van der Waals surface area contributed by atoms with Gasteiger partial charge in [-0.05, 0) is 31.3 Å². The normalized spacial score (nSPS) is 13.4. The Kier molecular flexibility index (Phi) is 5.72. The molecule has 1 rings (SSSR count). The second-order valence-electron chi connectivity index (χ2n) is 4.42. The summed E-state index contributed by atoms with van der Waals surface area (Å²) in [6.07, 6.45) is -6.48. The second kappa shape index (κ2) is 6.96. The number of halogens is 3. The minimum atomic E-state index is -4.76. The first-order chi connectivity index (χ1) is 10.5. The molecule has 11 heteroatoms. The van der Waals surface area contributed by atoms with Gasteiger partial charge in [0.05, 0.1) is 11.3 Å². The topological polar surface area (TPSA) is 113 Å². The summed E-state index contributed by atoms with van der Waals surface area (Å²) in [5, 5.41) is 10.5. The highest BCUT2D eigenvalue weighted by atomic mass is 32.2. The van der Waals surface area contributed by atoms with Crippen molar-refractivity contribution in [3.8, 4) is 0 Å².